The normalized spacial score (nSPS) is 12.3. The number of aryl methyl sites for hydroxylation is 2. The fourth-order valence-corrected chi connectivity index (χ4v) is 3.79. The number of carbonyl (C=O) groups is 1. The molecule has 1 atom stereocenters. The van der Waals surface area contributed by atoms with Crippen LogP contribution in [0.2, 0.25) is 5.02 Å². The number of fused-ring (bicyclic) bond motifs is 1. The predicted octanol–water partition coefficient (Wildman–Crippen LogP) is 4.13. The standard InChI is InChI=1S/C20H23ClFN5OS/c1-5-11(2)23-18(28)10-29-20-25-19-24-12(3)14(13(4)27(19)26-20)9-15-16(21)7-6-8-17(15)22/h6-8,11H,5,9-10H2,1-4H3,(H,23,28)/t11-/m1/s1. The lowest BCUT2D eigenvalue weighted by Crippen LogP contribution is -2.33. The van der Waals surface area contributed by atoms with E-state index < -0.39 is 0 Å². The number of thioether (sulfide) groups is 1. The Bertz CT molecular complexity index is 1030. The molecule has 0 radical (unpaired) electrons. The van der Waals surface area contributed by atoms with Crippen LogP contribution in [0.25, 0.3) is 5.78 Å². The third-order valence-electron chi connectivity index (χ3n) is 4.80. The molecule has 0 fully saturated rings. The molecule has 29 heavy (non-hydrogen) atoms. The second-order valence-electron chi connectivity index (χ2n) is 6.91. The minimum atomic E-state index is -0.349. The summed E-state index contributed by atoms with van der Waals surface area (Å²) in [4.78, 5) is 20.9. The van der Waals surface area contributed by atoms with Crippen LogP contribution in [-0.4, -0.2) is 37.3 Å². The fourth-order valence-electron chi connectivity index (χ4n) is 2.93. The Hall–Kier alpha value is -2.19. The van der Waals surface area contributed by atoms with Gasteiger partial charge in [0.25, 0.3) is 5.78 Å². The van der Waals surface area contributed by atoms with Crippen molar-refractivity contribution in [3.8, 4) is 0 Å². The van der Waals surface area contributed by atoms with Crippen molar-refractivity contribution in [1.82, 2.24) is 24.9 Å². The average Bonchev–Trinajstić information content (AvgIpc) is 3.08. The summed E-state index contributed by atoms with van der Waals surface area (Å²) in [6.07, 6.45) is 1.19. The molecule has 6 nitrogen and oxygen atoms in total. The molecule has 3 rings (SSSR count). The van der Waals surface area contributed by atoms with Gasteiger partial charge >= 0.3 is 0 Å². The third-order valence-corrected chi connectivity index (χ3v) is 5.99. The van der Waals surface area contributed by atoms with Crippen LogP contribution in [0.15, 0.2) is 23.4 Å². The lowest BCUT2D eigenvalue weighted by molar-refractivity contribution is -0.119. The van der Waals surface area contributed by atoms with Crippen LogP contribution in [0.1, 0.15) is 42.8 Å². The second-order valence-corrected chi connectivity index (χ2v) is 8.26. The maximum atomic E-state index is 14.2. The van der Waals surface area contributed by atoms with Gasteiger partial charge in [-0.2, -0.15) is 4.98 Å². The quantitative estimate of drug-likeness (QED) is 0.565. The molecule has 0 aliphatic rings. The number of amides is 1. The van der Waals surface area contributed by atoms with Crippen LogP contribution in [0.5, 0.6) is 0 Å². The number of nitrogens with zero attached hydrogens (tertiary/aromatic N) is 4. The molecule has 1 N–H and O–H groups in total. The minimum Gasteiger partial charge on any atom is -0.353 e. The van der Waals surface area contributed by atoms with Gasteiger partial charge in [0.2, 0.25) is 11.1 Å². The first-order valence-corrected chi connectivity index (χ1v) is 10.7. The highest BCUT2D eigenvalue weighted by Gasteiger charge is 2.17. The molecule has 154 valence electrons. The Labute approximate surface area is 178 Å². The Morgan fingerprint density at radius 3 is 2.76 bits per heavy atom. The van der Waals surface area contributed by atoms with Gasteiger partial charge in [-0.3, -0.25) is 4.79 Å². The maximum Gasteiger partial charge on any atom is 0.253 e. The van der Waals surface area contributed by atoms with E-state index >= 15 is 0 Å². The van der Waals surface area contributed by atoms with Gasteiger partial charge in [0.1, 0.15) is 5.82 Å². The summed E-state index contributed by atoms with van der Waals surface area (Å²) in [7, 11) is 0. The average molecular weight is 436 g/mol. The fraction of sp³-hybridized carbons (Fsp3) is 0.400. The molecular weight excluding hydrogens is 413 g/mol. The number of benzene rings is 1. The molecular formula is C20H23ClFN5OS. The minimum absolute atomic E-state index is 0.0565. The highest BCUT2D eigenvalue weighted by Crippen LogP contribution is 2.26. The Morgan fingerprint density at radius 1 is 1.31 bits per heavy atom. The molecule has 1 aromatic carbocycles. The first-order chi connectivity index (χ1) is 13.8. The number of nitrogens with one attached hydrogen (secondary N) is 1. The lowest BCUT2D eigenvalue weighted by Gasteiger charge is -2.12. The number of hydrogen-bond acceptors (Lipinski definition) is 5. The number of aromatic nitrogens is 4. The topological polar surface area (TPSA) is 72.2 Å². The van der Waals surface area contributed by atoms with E-state index in [0.29, 0.717) is 27.9 Å². The predicted molar refractivity (Wildman–Crippen MR) is 113 cm³/mol. The molecule has 3 aromatic rings. The van der Waals surface area contributed by atoms with Crippen LogP contribution in [0.3, 0.4) is 0 Å². The first-order valence-electron chi connectivity index (χ1n) is 9.38. The summed E-state index contributed by atoms with van der Waals surface area (Å²) in [5.74, 6) is 0.280. The van der Waals surface area contributed by atoms with Gasteiger partial charge in [-0.1, -0.05) is 36.4 Å². The van der Waals surface area contributed by atoms with Gasteiger partial charge in [-0.05, 0) is 44.9 Å². The lowest BCUT2D eigenvalue weighted by atomic mass is 10.0. The van der Waals surface area contributed by atoms with E-state index in [1.54, 1.807) is 16.6 Å². The van der Waals surface area contributed by atoms with Crippen molar-refractivity contribution < 1.29 is 9.18 Å². The third kappa shape index (κ3) is 4.87. The summed E-state index contributed by atoms with van der Waals surface area (Å²) < 4.78 is 15.9. The van der Waals surface area contributed by atoms with E-state index in [1.807, 2.05) is 27.7 Å². The molecule has 0 saturated carbocycles. The highest BCUT2D eigenvalue weighted by molar-refractivity contribution is 7.99. The molecule has 0 unspecified atom stereocenters. The zero-order chi connectivity index (χ0) is 21.1. The molecule has 9 heteroatoms. The van der Waals surface area contributed by atoms with Gasteiger partial charge < -0.3 is 5.32 Å². The van der Waals surface area contributed by atoms with Gasteiger partial charge in [0.15, 0.2) is 0 Å². The van der Waals surface area contributed by atoms with Crippen molar-refractivity contribution in [1.29, 1.82) is 0 Å². The van der Waals surface area contributed by atoms with Crippen molar-refractivity contribution in [2.24, 2.45) is 0 Å². The molecule has 0 aliphatic heterocycles. The maximum absolute atomic E-state index is 14.2. The van der Waals surface area contributed by atoms with Crippen LogP contribution in [-0.2, 0) is 11.2 Å². The zero-order valence-corrected chi connectivity index (χ0v) is 18.4. The van der Waals surface area contributed by atoms with Gasteiger partial charge in [-0.25, -0.2) is 13.9 Å². The van der Waals surface area contributed by atoms with Gasteiger partial charge in [0, 0.05) is 34.4 Å². The molecule has 2 aromatic heterocycles. The van der Waals surface area contributed by atoms with Crippen LogP contribution >= 0.6 is 23.4 Å². The van der Waals surface area contributed by atoms with Gasteiger partial charge in [-0.15, -0.1) is 5.10 Å². The van der Waals surface area contributed by atoms with E-state index in [9.17, 15) is 9.18 Å². The Balaban J connectivity index is 1.85. The summed E-state index contributed by atoms with van der Waals surface area (Å²) in [6, 6.07) is 4.79. The molecule has 0 aliphatic carbocycles. The zero-order valence-electron chi connectivity index (χ0n) is 16.8. The summed E-state index contributed by atoms with van der Waals surface area (Å²) in [5.41, 5.74) is 2.83. The van der Waals surface area contributed by atoms with Crippen molar-refractivity contribution in [2.45, 2.75) is 51.7 Å². The van der Waals surface area contributed by atoms with Crippen molar-refractivity contribution in [3.63, 3.8) is 0 Å². The van der Waals surface area contributed by atoms with Crippen molar-refractivity contribution in [3.05, 3.63) is 51.6 Å². The SMILES string of the molecule is CC[C@@H](C)NC(=O)CSc1nc2nc(C)c(Cc3c(F)cccc3Cl)c(C)n2n1. The van der Waals surface area contributed by atoms with E-state index in [0.717, 1.165) is 23.4 Å². The van der Waals surface area contributed by atoms with Crippen LogP contribution in [0, 0.1) is 19.7 Å². The molecule has 0 spiro atoms. The summed E-state index contributed by atoms with van der Waals surface area (Å²) in [5, 5.41) is 8.24. The van der Waals surface area contributed by atoms with Crippen molar-refractivity contribution in [2.75, 3.05) is 5.75 Å². The number of hydrogen-bond donors (Lipinski definition) is 1. The second kappa shape index (κ2) is 9.09. The number of carbonyl (C=O) groups excluding carboxylic acids is 1. The number of halogens is 2. The van der Waals surface area contributed by atoms with E-state index in [2.05, 4.69) is 20.4 Å². The van der Waals surface area contributed by atoms with E-state index in [-0.39, 0.29) is 23.5 Å². The highest BCUT2D eigenvalue weighted by atomic mass is 35.5. The van der Waals surface area contributed by atoms with E-state index in [4.69, 9.17) is 11.6 Å². The van der Waals surface area contributed by atoms with Crippen molar-refractivity contribution >= 4 is 35.0 Å². The largest absolute Gasteiger partial charge is 0.353 e. The van der Waals surface area contributed by atoms with Crippen LogP contribution < -0.4 is 5.32 Å². The molecule has 0 bridgehead atoms. The molecule has 2 heterocycles. The smallest absolute Gasteiger partial charge is 0.253 e. The Kier molecular flexibility index (Phi) is 6.74. The molecule has 1 amide bonds. The summed E-state index contributed by atoms with van der Waals surface area (Å²) >= 11 is 7.45. The van der Waals surface area contributed by atoms with E-state index in [1.165, 1.54) is 17.8 Å². The van der Waals surface area contributed by atoms with Gasteiger partial charge in [0.05, 0.1) is 5.75 Å². The number of rotatable bonds is 7. The molecule has 0 saturated heterocycles. The van der Waals surface area contributed by atoms with Crippen LogP contribution in [0.4, 0.5) is 4.39 Å². The first kappa shape index (κ1) is 21.5. The Morgan fingerprint density at radius 2 is 2.07 bits per heavy atom. The summed E-state index contributed by atoms with van der Waals surface area (Å²) in [6.45, 7) is 7.73. The monoisotopic (exact) mass is 435 g/mol.